The van der Waals surface area contributed by atoms with Gasteiger partial charge in [0.05, 0.1) is 0 Å². The van der Waals surface area contributed by atoms with Crippen molar-refractivity contribution in [1.29, 1.82) is 0 Å². The van der Waals surface area contributed by atoms with Gasteiger partial charge in [0.15, 0.2) is 11.6 Å². The molecule has 0 N–H and O–H groups in total. The zero-order valence-corrected chi connectivity index (χ0v) is 18.9. The fourth-order valence-electron chi connectivity index (χ4n) is 5.00. The minimum Gasteiger partial charge on any atom is -0.203 e. The summed E-state index contributed by atoms with van der Waals surface area (Å²) in [6, 6.07) is 11.4. The van der Waals surface area contributed by atoms with E-state index in [1.807, 2.05) is 24.3 Å². The molecule has 0 saturated heterocycles. The van der Waals surface area contributed by atoms with Crippen LogP contribution < -0.4 is 0 Å². The lowest BCUT2D eigenvalue weighted by atomic mass is 9.77. The lowest BCUT2D eigenvalue weighted by Gasteiger charge is -2.28. The van der Waals surface area contributed by atoms with E-state index in [9.17, 15) is 8.78 Å². The van der Waals surface area contributed by atoms with Crippen molar-refractivity contribution in [3.63, 3.8) is 0 Å². The van der Waals surface area contributed by atoms with Gasteiger partial charge in [0, 0.05) is 5.56 Å². The van der Waals surface area contributed by atoms with Gasteiger partial charge in [0.25, 0.3) is 0 Å². The van der Waals surface area contributed by atoms with E-state index < -0.39 is 11.6 Å². The van der Waals surface area contributed by atoms with Crippen LogP contribution in [0.3, 0.4) is 0 Å². The summed E-state index contributed by atoms with van der Waals surface area (Å²) in [4.78, 5) is 0. The van der Waals surface area contributed by atoms with Crippen molar-refractivity contribution in [2.24, 2.45) is 11.8 Å². The summed E-state index contributed by atoms with van der Waals surface area (Å²) in [5.74, 6) is 0.208. The fourth-order valence-corrected chi connectivity index (χ4v) is 5.00. The van der Waals surface area contributed by atoms with Gasteiger partial charge in [-0.3, -0.25) is 0 Å². The fraction of sp³-hybridized carbons (Fsp3) is 0.571. The molecule has 3 rings (SSSR count). The summed E-state index contributed by atoms with van der Waals surface area (Å²) < 4.78 is 29.5. The Kier molecular flexibility index (Phi) is 8.90. The Bertz CT molecular complexity index is 770. The van der Waals surface area contributed by atoms with Crippen LogP contribution in [0.15, 0.2) is 36.4 Å². The molecule has 0 aromatic heterocycles. The third-order valence-electron chi connectivity index (χ3n) is 6.97. The third kappa shape index (κ3) is 6.15. The zero-order valence-electron chi connectivity index (χ0n) is 18.9. The number of unbranched alkanes of at least 4 members (excludes halogenated alkanes) is 2. The van der Waals surface area contributed by atoms with E-state index in [1.165, 1.54) is 56.9 Å². The van der Waals surface area contributed by atoms with Gasteiger partial charge < -0.3 is 0 Å². The predicted octanol–water partition coefficient (Wildman–Crippen LogP) is 8.90. The summed E-state index contributed by atoms with van der Waals surface area (Å²) >= 11 is 0. The van der Waals surface area contributed by atoms with E-state index in [4.69, 9.17) is 0 Å². The molecule has 1 saturated carbocycles. The molecule has 2 heteroatoms. The molecule has 1 aliphatic carbocycles. The van der Waals surface area contributed by atoms with E-state index in [2.05, 4.69) is 13.8 Å². The van der Waals surface area contributed by atoms with Crippen LogP contribution in [0.5, 0.6) is 0 Å². The molecular weight excluding hydrogens is 374 g/mol. The van der Waals surface area contributed by atoms with Gasteiger partial charge >= 0.3 is 0 Å². The van der Waals surface area contributed by atoms with Gasteiger partial charge in [-0.1, -0.05) is 108 Å². The van der Waals surface area contributed by atoms with E-state index in [1.54, 1.807) is 12.1 Å². The Morgan fingerprint density at radius 2 is 1.37 bits per heavy atom. The Labute approximate surface area is 182 Å². The lowest BCUT2D eigenvalue weighted by Crippen LogP contribution is -2.15. The van der Waals surface area contributed by atoms with Gasteiger partial charge in [-0.05, 0) is 47.8 Å². The number of halogens is 2. The molecule has 0 radical (unpaired) electrons. The Morgan fingerprint density at radius 3 is 2.00 bits per heavy atom. The van der Waals surface area contributed by atoms with Gasteiger partial charge in [0.1, 0.15) is 0 Å². The van der Waals surface area contributed by atoms with Crippen LogP contribution in [0, 0.1) is 23.5 Å². The molecule has 164 valence electrons. The number of aryl methyl sites for hydroxylation is 2. The molecule has 0 amide bonds. The molecule has 2 aromatic carbocycles. The molecule has 0 unspecified atom stereocenters. The summed E-state index contributed by atoms with van der Waals surface area (Å²) in [6.45, 7) is 4.40. The molecule has 0 spiro atoms. The van der Waals surface area contributed by atoms with Crippen LogP contribution in [0.1, 0.15) is 89.2 Å². The standard InChI is InChI=1S/C28H38F2/c1-3-5-6-8-22-9-11-23(12-10-22)15-18-25-19-20-26(28(30)27(25)29)24-16-13-21(7-4-2)14-17-24/h13-14,16-17,19-20,22-23H,3-12,15,18H2,1-2H3/t22-,23-. The first-order valence-electron chi connectivity index (χ1n) is 12.2. The number of hydrogen-bond donors (Lipinski definition) is 0. The maximum absolute atomic E-state index is 14.8. The highest BCUT2D eigenvalue weighted by Gasteiger charge is 2.22. The highest BCUT2D eigenvalue weighted by Crippen LogP contribution is 2.35. The SMILES string of the molecule is CCCCC[C@H]1CC[C@H](CCc2ccc(-c3ccc(CCC)cc3)c(F)c2F)CC1. The van der Waals surface area contributed by atoms with Gasteiger partial charge in [-0.2, -0.15) is 0 Å². The quantitative estimate of drug-likeness (QED) is 0.342. The molecule has 1 aliphatic rings. The zero-order chi connectivity index (χ0) is 21.3. The van der Waals surface area contributed by atoms with Crippen molar-refractivity contribution in [1.82, 2.24) is 0 Å². The Balaban J connectivity index is 1.55. The minimum absolute atomic E-state index is 0.367. The Hall–Kier alpha value is -1.70. The van der Waals surface area contributed by atoms with Crippen molar-refractivity contribution in [2.45, 2.75) is 90.9 Å². The second-order valence-corrected chi connectivity index (χ2v) is 9.27. The van der Waals surface area contributed by atoms with Crippen LogP contribution in [0.25, 0.3) is 11.1 Å². The Morgan fingerprint density at radius 1 is 0.700 bits per heavy atom. The monoisotopic (exact) mass is 412 g/mol. The van der Waals surface area contributed by atoms with Crippen LogP contribution in [0.4, 0.5) is 8.78 Å². The molecule has 0 bridgehead atoms. The maximum atomic E-state index is 14.8. The molecular formula is C28H38F2. The predicted molar refractivity (Wildman–Crippen MR) is 124 cm³/mol. The maximum Gasteiger partial charge on any atom is 0.166 e. The summed E-state index contributed by atoms with van der Waals surface area (Å²) in [5, 5.41) is 0. The van der Waals surface area contributed by atoms with E-state index >= 15 is 0 Å². The molecule has 2 aromatic rings. The molecule has 1 fully saturated rings. The second kappa shape index (κ2) is 11.6. The highest BCUT2D eigenvalue weighted by atomic mass is 19.2. The topological polar surface area (TPSA) is 0 Å². The van der Waals surface area contributed by atoms with Crippen LogP contribution in [0.2, 0.25) is 0 Å². The number of rotatable bonds is 10. The van der Waals surface area contributed by atoms with Gasteiger partial charge in [-0.25, -0.2) is 8.78 Å². The normalized spacial score (nSPS) is 19.2. The summed E-state index contributed by atoms with van der Waals surface area (Å²) in [7, 11) is 0. The highest BCUT2D eigenvalue weighted by molar-refractivity contribution is 5.65. The smallest absolute Gasteiger partial charge is 0.166 e. The van der Waals surface area contributed by atoms with Crippen molar-refractivity contribution in [3.05, 3.63) is 59.2 Å². The number of benzene rings is 2. The van der Waals surface area contributed by atoms with Crippen LogP contribution in [-0.4, -0.2) is 0 Å². The average molecular weight is 413 g/mol. The molecule has 0 atom stereocenters. The number of hydrogen-bond acceptors (Lipinski definition) is 0. The molecule has 0 heterocycles. The first-order valence-corrected chi connectivity index (χ1v) is 12.2. The first kappa shape index (κ1) is 23.0. The van der Waals surface area contributed by atoms with E-state index in [0.29, 0.717) is 23.5 Å². The van der Waals surface area contributed by atoms with Gasteiger partial charge in [-0.15, -0.1) is 0 Å². The van der Waals surface area contributed by atoms with E-state index in [-0.39, 0.29) is 0 Å². The van der Waals surface area contributed by atoms with Crippen LogP contribution in [-0.2, 0) is 12.8 Å². The lowest BCUT2D eigenvalue weighted by molar-refractivity contribution is 0.248. The second-order valence-electron chi connectivity index (χ2n) is 9.27. The van der Waals surface area contributed by atoms with Crippen molar-refractivity contribution in [2.75, 3.05) is 0 Å². The third-order valence-corrected chi connectivity index (χ3v) is 6.97. The van der Waals surface area contributed by atoms with E-state index in [0.717, 1.165) is 30.7 Å². The van der Waals surface area contributed by atoms with Crippen molar-refractivity contribution < 1.29 is 8.78 Å². The average Bonchev–Trinajstić information content (AvgIpc) is 2.77. The first-order chi connectivity index (χ1) is 14.6. The molecule has 30 heavy (non-hydrogen) atoms. The van der Waals surface area contributed by atoms with Gasteiger partial charge in [0.2, 0.25) is 0 Å². The summed E-state index contributed by atoms with van der Waals surface area (Å²) in [6.07, 6.45) is 14.2. The largest absolute Gasteiger partial charge is 0.203 e. The van der Waals surface area contributed by atoms with Crippen molar-refractivity contribution >= 4 is 0 Å². The minimum atomic E-state index is -0.699. The summed E-state index contributed by atoms with van der Waals surface area (Å²) in [5.41, 5.74) is 2.88. The molecule has 0 nitrogen and oxygen atoms in total. The molecule has 0 aliphatic heterocycles. The van der Waals surface area contributed by atoms with Crippen LogP contribution >= 0.6 is 0 Å². The van der Waals surface area contributed by atoms with Crippen molar-refractivity contribution in [3.8, 4) is 11.1 Å².